The van der Waals surface area contributed by atoms with E-state index in [2.05, 4.69) is 25.2 Å². The smallest absolute Gasteiger partial charge is 0.260 e. The van der Waals surface area contributed by atoms with Crippen LogP contribution in [0.5, 0.6) is 5.75 Å². The van der Waals surface area contributed by atoms with Crippen LogP contribution in [0.25, 0.3) is 0 Å². The Labute approximate surface area is 147 Å². The molecule has 0 aromatic heterocycles. The van der Waals surface area contributed by atoms with Crippen molar-refractivity contribution in [2.24, 2.45) is 5.92 Å². The molecule has 0 radical (unpaired) electrons. The zero-order valence-electron chi connectivity index (χ0n) is 15.6. The van der Waals surface area contributed by atoms with Gasteiger partial charge in [0, 0.05) is 6.54 Å². The minimum absolute atomic E-state index is 0.00152. The molecule has 1 amide bonds. The number of amides is 1. The number of nitrogens with one attached hydrogen (secondary N) is 1. The van der Waals surface area contributed by atoms with Crippen LogP contribution in [0.3, 0.4) is 0 Å². The Morgan fingerprint density at radius 1 is 1.25 bits per heavy atom. The number of rotatable bonds is 9. The first-order chi connectivity index (χ1) is 11.7. The molecule has 1 aliphatic rings. The van der Waals surface area contributed by atoms with Crippen molar-refractivity contribution in [2.75, 3.05) is 6.54 Å². The SMILES string of the molecule is CCCCC(CC)CNC(=O)C(C)Oc1cccc2c1CCCC2. The summed E-state index contributed by atoms with van der Waals surface area (Å²) in [5, 5.41) is 3.08. The fourth-order valence-electron chi connectivity index (χ4n) is 3.43. The van der Waals surface area contributed by atoms with E-state index in [1.165, 1.54) is 43.2 Å². The minimum Gasteiger partial charge on any atom is -0.481 e. The first kappa shape index (κ1) is 18.8. The molecule has 0 spiro atoms. The summed E-state index contributed by atoms with van der Waals surface area (Å²) in [7, 11) is 0. The lowest BCUT2D eigenvalue weighted by molar-refractivity contribution is -0.127. The maximum atomic E-state index is 12.4. The monoisotopic (exact) mass is 331 g/mol. The highest BCUT2D eigenvalue weighted by atomic mass is 16.5. The van der Waals surface area contributed by atoms with Crippen LogP contribution in [0.4, 0.5) is 0 Å². The molecule has 0 saturated heterocycles. The zero-order valence-corrected chi connectivity index (χ0v) is 15.6. The maximum Gasteiger partial charge on any atom is 0.260 e. The van der Waals surface area contributed by atoms with Gasteiger partial charge in [0.15, 0.2) is 6.10 Å². The van der Waals surface area contributed by atoms with E-state index in [9.17, 15) is 4.79 Å². The molecular weight excluding hydrogens is 298 g/mol. The molecule has 0 saturated carbocycles. The van der Waals surface area contributed by atoms with E-state index in [1.807, 2.05) is 19.1 Å². The van der Waals surface area contributed by atoms with Gasteiger partial charge in [-0.25, -0.2) is 0 Å². The number of carbonyl (C=O) groups excluding carboxylic acids is 1. The van der Waals surface area contributed by atoms with Gasteiger partial charge in [-0.3, -0.25) is 4.79 Å². The highest BCUT2D eigenvalue weighted by molar-refractivity contribution is 5.80. The van der Waals surface area contributed by atoms with Gasteiger partial charge in [-0.2, -0.15) is 0 Å². The predicted octanol–water partition coefficient (Wildman–Crippen LogP) is 4.67. The second-order valence-corrected chi connectivity index (χ2v) is 7.02. The molecule has 1 N–H and O–H groups in total. The van der Waals surface area contributed by atoms with Crippen LogP contribution in [0.2, 0.25) is 0 Å². The number of unbranched alkanes of at least 4 members (excludes halogenated alkanes) is 1. The second kappa shape index (κ2) is 9.71. The average molecular weight is 332 g/mol. The van der Waals surface area contributed by atoms with E-state index in [-0.39, 0.29) is 5.91 Å². The van der Waals surface area contributed by atoms with Gasteiger partial charge < -0.3 is 10.1 Å². The molecule has 1 aliphatic carbocycles. The summed E-state index contributed by atoms with van der Waals surface area (Å²) < 4.78 is 6.01. The highest BCUT2D eigenvalue weighted by Crippen LogP contribution is 2.30. The van der Waals surface area contributed by atoms with Crippen LogP contribution in [0, 0.1) is 5.92 Å². The van der Waals surface area contributed by atoms with Crippen LogP contribution >= 0.6 is 0 Å². The first-order valence-electron chi connectivity index (χ1n) is 9.70. The summed E-state index contributed by atoms with van der Waals surface area (Å²) in [6.45, 7) is 7.02. The fourth-order valence-corrected chi connectivity index (χ4v) is 3.43. The number of carbonyl (C=O) groups is 1. The molecular formula is C21H33NO2. The number of benzene rings is 1. The second-order valence-electron chi connectivity index (χ2n) is 7.02. The van der Waals surface area contributed by atoms with Gasteiger partial charge in [-0.1, -0.05) is 45.2 Å². The Hall–Kier alpha value is -1.51. The number of aryl methyl sites for hydroxylation is 1. The van der Waals surface area contributed by atoms with E-state index in [0.29, 0.717) is 5.92 Å². The predicted molar refractivity (Wildman–Crippen MR) is 99.5 cm³/mol. The summed E-state index contributed by atoms with van der Waals surface area (Å²) in [4.78, 5) is 12.4. The summed E-state index contributed by atoms with van der Waals surface area (Å²) in [6.07, 6.45) is 8.96. The molecule has 3 heteroatoms. The van der Waals surface area contributed by atoms with Crippen molar-refractivity contribution in [3.05, 3.63) is 29.3 Å². The Bertz CT molecular complexity index is 527. The molecule has 24 heavy (non-hydrogen) atoms. The van der Waals surface area contributed by atoms with Gasteiger partial charge in [0.05, 0.1) is 0 Å². The van der Waals surface area contributed by atoms with Crippen molar-refractivity contribution in [1.82, 2.24) is 5.32 Å². The summed E-state index contributed by atoms with van der Waals surface area (Å²) in [5.74, 6) is 1.47. The summed E-state index contributed by atoms with van der Waals surface area (Å²) >= 11 is 0. The molecule has 0 fully saturated rings. The van der Waals surface area contributed by atoms with E-state index >= 15 is 0 Å². The van der Waals surface area contributed by atoms with Gasteiger partial charge in [0.1, 0.15) is 5.75 Å². The molecule has 0 heterocycles. The zero-order chi connectivity index (χ0) is 17.4. The first-order valence-corrected chi connectivity index (χ1v) is 9.70. The van der Waals surface area contributed by atoms with Gasteiger partial charge in [-0.15, -0.1) is 0 Å². The molecule has 2 atom stereocenters. The van der Waals surface area contributed by atoms with Crippen molar-refractivity contribution in [3.63, 3.8) is 0 Å². The molecule has 2 unspecified atom stereocenters. The number of hydrogen-bond acceptors (Lipinski definition) is 2. The Balaban J connectivity index is 1.88. The van der Waals surface area contributed by atoms with Crippen molar-refractivity contribution in [1.29, 1.82) is 0 Å². The lowest BCUT2D eigenvalue weighted by Crippen LogP contribution is -2.39. The van der Waals surface area contributed by atoms with Crippen LogP contribution in [-0.4, -0.2) is 18.6 Å². The molecule has 1 aromatic carbocycles. The minimum atomic E-state index is -0.442. The van der Waals surface area contributed by atoms with Crippen molar-refractivity contribution < 1.29 is 9.53 Å². The molecule has 2 rings (SSSR count). The summed E-state index contributed by atoms with van der Waals surface area (Å²) in [5.41, 5.74) is 2.69. The molecule has 0 bridgehead atoms. The molecule has 134 valence electrons. The van der Waals surface area contributed by atoms with Crippen molar-refractivity contribution in [3.8, 4) is 5.75 Å². The quantitative estimate of drug-likeness (QED) is 0.714. The van der Waals surface area contributed by atoms with E-state index in [1.54, 1.807) is 0 Å². The van der Waals surface area contributed by atoms with Gasteiger partial charge in [0.25, 0.3) is 5.91 Å². The van der Waals surface area contributed by atoms with E-state index in [0.717, 1.165) is 31.6 Å². The summed E-state index contributed by atoms with van der Waals surface area (Å²) in [6, 6.07) is 6.23. The Kier molecular flexibility index (Phi) is 7.61. The topological polar surface area (TPSA) is 38.3 Å². The Morgan fingerprint density at radius 2 is 2.04 bits per heavy atom. The van der Waals surface area contributed by atoms with Crippen LogP contribution in [-0.2, 0) is 17.6 Å². The fraction of sp³-hybridized carbons (Fsp3) is 0.667. The van der Waals surface area contributed by atoms with E-state index < -0.39 is 6.10 Å². The third kappa shape index (κ3) is 5.25. The number of ether oxygens (including phenoxy) is 1. The number of hydrogen-bond donors (Lipinski definition) is 1. The van der Waals surface area contributed by atoms with Crippen molar-refractivity contribution >= 4 is 5.91 Å². The standard InChI is InChI=1S/C21H33NO2/c1-4-6-10-17(5-2)15-22-21(23)16(3)24-20-14-9-12-18-11-7-8-13-19(18)20/h9,12,14,16-17H,4-8,10-11,13,15H2,1-3H3,(H,22,23). The van der Waals surface area contributed by atoms with Crippen LogP contribution in [0.15, 0.2) is 18.2 Å². The Morgan fingerprint density at radius 3 is 2.79 bits per heavy atom. The van der Waals surface area contributed by atoms with Gasteiger partial charge in [-0.05, 0) is 62.1 Å². The van der Waals surface area contributed by atoms with E-state index in [4.69, 9.17) is 4.74 Å². The van der Waals surface area contributed by atoms with Crippen LogP contribution in [0.1, 0.15) is 70.4 Å². The maximum absolute atomic E-state index is 12.4. The van der Waals surface area contributed by atoms with Gasteiger partial charge in [0.2, 0.25) is 0 Å². The largest absolute Gasteiger partial charge is 0.481 e. The average Bonchev–Trinajstić information content (AvgIpc) is 2.62. The number of fused-ring (bicyclic) bond motifs is 1. The third-order valence-corrected chi connectivity index (χ3v) is 5.13. The van der Waals surface area contributed by atoms with Crippen molar-refractivity contribution in [2.45, 2.75) is 78.2 Å². The molecule has 1 aromatic rings. The normalized spacial score (nSPS) is 16.1. The molecule has 3 nitrogen and oxygen atoms in total. The van der Waals surface area contributed by atoms with Crippen LogP contribution < -0.4 is 10.1 Å². The highest BCUT2D eigenvalue weighted by Gasteiger charge is 2.19. The lowest BCUT2D eigenvalue weighted by atomic mass is 9.91. The van der Waals surface area contributed by atoms with Gasteiger partial charge >= 0.3 is 0 Å². The molecule has 0 aliphatic heterocycles. The third-order valence-electron chi connectivity index (χ3n) is 5.13. The lowest BCUT2D eigenvalue weighted by Gasteiger charge is -2.22.